The summed E-state index contributed by atoms with van der Waals surface area (Å²) in [6.45, 7) is 0.580. The maximum atomic E-state index is 11.8. The van der Waals surface area contributed by atoms with Crippen molar-refractivity contribution in [3.63, 3.8) is 0 Å². The summed E-state index contributed by atoms with van der Waals surface area (Å²) in [6, 6.07) is 5.12. The van der Waals surface area contributed by atoms with Crippen LogP contribution in [0.2, 0.25) is 0 Å². The highest BCUT2D eigenvalue weighted by Crippen LogP contribution is 2.26. The largest absolute Gasteiger partial charge is 0.495 e. The number of hydrogen-bond acceptors (Lipinski definition) is 4. The zero-order chi connectivity index (χ0) is 13.7. The third-order valence-corrected chi connectivity index (χ3v) is 2.65. The predicted molar refractivity (Wildman–Crippen MR) is 72.9 cm³/mol. The SMILES string of the molecule is COc1ccc(N)cc1NC(=O)CCn1ccnc1. The second-order valence-corrected chi connectivity index (χ2v) is 4.06. The van der Waals surface area contributed by atoms with Crippen LogP contribution in [0.5, 0.6) is 5.75 Å². The van der Waals surface area contributed by atoms with Crippen LogP contribution in [0.1, 0.15) is 6.42 Å². The number of rotatable bonds is 5. The number of carbonyl (C=O) groups is 1. The highest BCUT2D eigenvalue weighted by atomic mass is 16.5. The second-order valence-electron chi connectivity index (χ2n) is 4.06. The quantitative estimate of drug-likeness (QED) is 0.798. The minimum atomic E-state index is -0.0994. The summed E-state index contributed by atoms with van der Waals surface area (Å²) in [6.07, 6.45) is 5.52. The van der Waals surface area contributed by atoms with E-state index in [1.54, 1.807) is 37.8 Å². The number of anilines is 2. The predicted octanol–water partition coefficient (Wildman–Crippen LogP) is 1.50. The Morgan fingerprint density at radius 1 is 1.53 bits per heavy atom. The summed E-state index contributed by atoms with van der Waals surface area (Å²) in [5, 5.41) is 2.79. The molecule has 6 nitrogen and oxygen atoms in total. The molecule has 0 aliphatic heterocycles. The van der Waals surface area contributed by atoms with Crippen molar-refractivity contribution in [2.24, 2.45) is 0 Å². The number of imidazole rings is 1. The van der Waals surface area contributed by atoms with Gasteiger partial charge in [0.2, 0.25) is 5.91 Å². The smallest absolute Gasteiger partial charge is 0.226 e. The van der Waals surface area contributed by atoms with Gasteiger partial charge in [0, 0.05) is 31.0 Å². The van der Waals surface area contributed by atoms with E-state index in [1.165, 1.54) is 0 Å². The lowest BCUT2D eigenvalue weighted by atomic mass is 10.2. The van der Waals surface area contributed by atoms with Crippen LogP contribution in [0, 0.1) is 0 Å². The van der Waals surface area contributed by atoms with Crippen molar-refractivity contribution in [1.29, 1.82) is 0 Å². The fourth-order valence-corrected chi connectivity index (χ4v) is 1.69. The highest BCUT2D eigenvalue weighted by molar-refractivity contribution is 5.92. The first kappa shape index (κ1) is 12.9. The van der Waals surface area contributed by atoms with Crippen LogP contribution >= 0.6 is 0 Å². The zero-order valence-corrected chi connectivity index (χ0v) is 10.7. The maximum Gasteiger partial charge on any atom is 0.226 e. The second kappa shape index (κ2) is 5.90. The van der Waals surface area contributed by atoms with Gasteiger partial charge < -0.3 is 20.4 Å². The average Bonchev–Trinajstić information content (AvgIpc) is 2.90. The van der Waals surface area contributed by atoms with Crippen molar-refractivity contribution in [3.8, 4) is 5.75 Å². The fraction of sp³-hybridized carbons (Fsp3) is 0.231. The van der Waals surface area contributed by atoms with Crippen LogP contribution in [-0.2, 0) is 11.3 Å². The number of ether oxygens (including phenoxy) is 1. The Morgan fingerprint density at radius 3 is 3.05 bits per heavy atom. The Hall–Kier alpha value is -2.50. The molecule has 1 aromatic carbocycles. The highest BCUT2D eigenvalue weighted by Gasteiger charge is 2.08. The van der Waals surface area contributed by atoms with E-state index in [2.05, 4.69) is 10.3 Å². The first-order chi connectivity index (χ1) is 9.19. The molecule has 0 saturated heterocycles. The molecule has 0 spiro atoms. The van der Waals surface area contributed by atoms with Gasteiger partial charge in [0.25, 0.3) is 0 Å². The number of methoxy groups -OCH3 is 1. The molecule has 0 fully saturated rings. The van der Waals surface area contributed by atoms with Crippen molar-refractivity contribution in [2.75, 3.05) is 18.2 Å². The number of hydrogen-bond donors (Lipinski definition) is 2. The van der Waals surface area contributed by atoms with Gasteiger partial charge in [-0.2, -0.15) is 0 Å². The molecule has 0 unspecified atom stereocenters. The Labute approximate surface area is 111 Å². The van der Waals surface area contributed by atoms with Crippen molar-refractivity contribution in [1.82, 2.24) is 9.55 Å². The first-order valence-corrected chi connectivity index (χ1v) is 5.88. The van der Waals surface area contributed by atoms with E-state index in [0.717, 1.165) is 0 Å². The molecule has 0 atom stereocenters. The van der Waals surface area contributed by atoms with Crippen LogP contribution < -0.4 is 15.8 Å². The molecule has 3 N–H and O–H groups in total. The van der Waals surface area contributed by atoms with Gasteiger partial charge in [-0.25, -0.2) is 4.98 Å². The molecule has 1 amide bonds. The molecule has 0 bridgehead atoms. The number of benzene rings is 1. The summed E-state index contributed by atoms with van der Waals surface area (Å²) in [5.41, 5.74) is 6.85. The van der Waals surface area contributed by atoms with Gasteiger partial charge in [-0.05, 0) is 18.2 Å². The molecular formula is C13H16N4O2. The van der Waals surface area contributed by atoms with E-state index < -0.39 is 0 Å². The molecule has 2 rings (SSSR count). The van der Waals surface area contributed by atoms with E-state index in [9.17, 15) is 4.79 Å². The summed E-state index contributed by atoms with van der Waals surface area (Å²) < 4.78 is 7.01. The van der Waals surface area contributed by atoms with Crippen molar-refractivity contribution >= 4 is 17.3 Å². The molecule has 1 aromatic heterocycles. The standard InChI is InChI=1S/C13H16N4O2/c1-19-12-3-2-10(14)8-11(12)16-13(18)4-6-17-7-5-15-9-17/h2-3,5,7-9H,4,6,14H2,1H3,(H,16,18). The minimum absolute atomic E-state index is 0.0994. The Morgan fingerprint density at radius 2 is 2.37 bits per heavy atom. The van der Waals surface area contributed by atoms with Crippen LogP contribution in [0.3, 0.4) is 0 Å². The van der Waals surface area contributed by atoms with E-state index in [-0.39, 0.29) is 5.91 Å². The Bertz CT molecular complexity index is 552. The van der Waals surface area contributed by atoms with E-state index in [1.807, 2.05) is 10.8 Å². The Balaban J connectivity index is 1.96. The van der Waals surface area contributed by atoms with Crippen molar-refractivity contribution in [3.05, 3.63) is 36.9 Å². The summed E-state index contributed by atoms with van der Waals surface area (Å²) in [4.78, 5) is 15.8. The maximum absolute atomic E-state index is 11.8. The molecule has 100 valence electrons. The van der Waals surface area contributed by atoms with E-state index in [4.69, 9.17) is 10.5 Å². The molecule has 6 heteroatoms. The van der Waals surface area contributed by atoms with Crippen LogP contribution in [0.25, 0.3) is 0 Å². The molecule has 1 heterocycles. The van der Waals surface area contributed by atoms with Crippen LogP contribution in [-0.4, -0.2) is 22.6 Å². The van der Waals surface area contributed by atoms with Gasteiger partial charge in [-0.3, -0.25) is 4.79 Å². The summed E-state index contributed by atoms with van der Waals surface area (Å²) in [7, 11) is 1.55. The van der Waals surface area contributed by atoms with Crippen LogP contribution in [0.15, 0.2) is 36.9 Å². The number of nitrogen functional groups attached to an aromatic ring is 1. The molecule has 0 aliphatic carbocycles. The third kappa shape index (κ3) is 3.48. The average molecular weight is 260 g/mol. The number of carbonyl (C=O) groups excluding carboxylic acids is 1. The van der Waals surface area contributed by atoms with Crippen molar-refractivity contribution < 1.29 is 9.53 Å². The zero-order valence-electron chi connectivity index (χ0n) is 10.7. The summed E-state index contributed by atoms with van der Waals surface area (Å²) in [5.74, 6) is 0.489. The lowest BCUT2D eigenvalue weighted by molar-refractivity contribution is -0.116. The van der Waals surface area contributed by atoms with Gasteiger partial charge in [-0.1, -0.05) is 0 Å². The number of nitrogens with zero attached hydrogens (tertiary/aromatic N) is 2. The third-order valence-electron chi connectivity index (χ3n) is 2.65. The van der Waals surface area contributed by atoms with E-state index in [0.29, 0.717) is 30.1 Å². The fourth-order valence-electron chi connectivity index (χ4n) is 1.69. The summed E-state index contributed by atoms with van der Waals surface area (Å²) >= 11 is 0. The number of amides is 1. The normalized spacial score (nSPS) is 10.2. The topological polar surface area (TPSA) is 82.2 Å². The van der Waals surface area contributed by atoms with Gasteiger partial charge in [0.15, 0.2) is 0 Å². The van der Waals surface area contributed by atoms with Gasteiger partial charge >= 0.3 is 0 Å². The number of aryl methyl sites for hydroxylation is 1. The lowest BCUT2D eigenvalue weighted by Gasteiger charge is -2.11. The van der Waals surface area contributed by atoms with Gasteiger partial charge in [0.1, 0.15) is 5.75 Å². The number of aromatic nitrogens is 2. The Kier molecular flexibility index (Phi) is 4.02. The monoisotopic (exact) mass is 260 g/mol. The molecule has 0 radical (unpaired) electrons. The number of nitrogens with one attached hydrogen (secondary N) is 1. The first-order valence-electron chi connectivity index (χ1n) is 5.88. The van der Waals surface area contributed by atoms with Crippen LogP contribution in [0.4, 0.5) is 11.4 Å². The molecular weight excluding hydrogens is 244 g/mol. The minimum Gasteiger partial charge on any atom is -0.495 e. The molecule has 2 aromatic rings. The number of nitrogens with two attached hydrogens (primary N) is 1. The lowest BCUT2D eigenvalue weighted by Crippen LogP contribution is -2.14. The molecule has 19 heavy (non-hydrogen) atoms. The van der Waals surface area contributed by atoms with Gasteiger partial charge in [-0.15, -0.1) is 0 Å². The van der Waals surface area contributed by atoms with Gasteiger partial charge in [0.05, 0.1) is 19.1 Å². The van der Waals surface area contributed by atoms with E-state index >= 15 is 0 Å². The molecule has 0 aliphatic rings. The molecule has 0 saturated carbocycles. The van der Waals surface area contributed by atoms with Crippen molar-refractivity contribution in [2.45, 2.75) is 13.0 Å².